The van der Waals surface area contributed by atoms with Gasteiger partial charge in [0, 0.05) is 18.6 Å². The third-order valence-corrected chi connectivity index (χ3v) is 3.20. The fourth-order valence-corrected chi connectivity index (χ4v) is 2.06. The highest BCUT2D eigenvalue weighted by molar-refractivity contribution is 5.61. The van der Waals surface area contributed by atoms with E-state index < -0.39 is 4.92 Å². The number of ether oxygens (including phenoxy) is 2. The van der Waals surface area contributed by atoms with Crippen molar-refractivity contribution in [2.45, 2.75) is 19.4 Å². The van der Waals surface area contributed by atoms with Gasteiger partial charge in [0.05, 0.1) is 18.6 Å². The normalized spacial score (nSPS) is 20.0. The Morgan fingerprint density at radius 1 is 1.63 bits per heavy atom. The zero-order valence-corrected chi connectivity index (χ0v) is 10.8. The van der Waals surface area contributed by atoms with Crippen molar-refractivity contribution in [1.29, 1.82) is 0 Å². The molecule has 0 aromatic carbocycles. The lowest BCUT2D eigenvalue weighted by Gasteiger charge is -2.19. The molecule has 2 heterocycles. The molecule has 1 aromatic heterocycles. The molecule has 1 aliphatic rings. The van der Waals surface area contributed by atoms with Crippen LogP contribution in [-0.4, -0.2) is 41.3 Å². The Morgan fingerprint density at radius 3 is 3.00 bits per heavy atom. The lowest BCUT2D eigenvalue weighted by molar-refractivity contribution is -0.385. The Kier molecular flexibility index (Phi) is 4.10. The van der Waals surface area contributed by atoms with Gasteiger partial charge in [0.2, 0.25) is 5.82 Å². The molecular weight excluding hydrogens is 252 g/mol. The van der Waals surface area contributed by atoms with Crippen LogP contribution < -0.4 is 10.1 Å². The number of hydrogen-bond donors (Lipinski definition) is 1. The van der Waals surface area contributed by atoms with E-state index >= 15 is 0 Å². The number of nitro groups is 1. The minimum absolute atomic E-state index is 0.0285. The second-order valence-corrected chi connectivity index (χ2v) is 4.39. The van der Waals surface area contributed by atoms with Gasteiger partial charge in [-0.1, -0.05) is 0 Å². The summed E-state index contributed by atoms with van der Waals surface area (Å²) in [5, 5.41) is 14.1. The van der Waals surface area contributed by atoms with Crippen molar-refractivity contribution in [3.8, 4) is 5.88 Å². The number of methoxy groups -OCH3 is 1. The summed E-state index contributed by atoms with van der Waals surface area (Å²) in [7, 11) is 1.34. The first-order valence-corrected chi connectivity index (χ1v) is 6.01. The van der Waals surface area contributed by atoms with Crippen LogP contribution in [0.2, 0.25) is 0 Å². The molecule has 2 atom stereocenters. The molecule has 1 aliphatic heterocycles. The van der Waals surface area contributed by atoms with E-state index in [1.165, 1.54) is 13.4 Å². The smallest absolute Gasteiger partial charge is 0.372 e. The van der Waals surface area contributed by atoms with E-state index in [2.05, 4.69) is 15.3 Å². The second-order valence-electron chi connectivity index (χ2n) is 4.39. The Balaban J connectivity index is 2.21. The van der Waals surface area contributed by atoms with Gasteiger partial charge < -0.3 is 14.8 Å². The lowest BCUT2D eigenvalue weighted by atomic mass is 10.0. The first kappa shape index (κ1) is 13.5. The summed E-state index contributed by atoms with van der Waals surface area (Å²) < 4.78 is 10.2. The minimum atomic E-state index is -0.543. The van der Waals surface area contributed by atoms with Crippen molar-refractivity contribution in [3.63, 3.8) is 0 Å². The van der Waals surface area contributed by atoms with Crippen LogP contribution in [0, 0.1) is 16.0 Å². The quantitative estimate of drug-likeness (QED) is 0.633. The van der Waals surface area contributed by atoms with E-state index in [1.54, 1.807) is 0 Å². The van der Waals surface area contributed by atoms with E-state index in [4.69, 9.17) is 9.47 Å². The molecule has 0 spiro atoms. The number of hydrogen-bond acceptors (Lipinski definition) is 7. The van der Waals surface area contributed by atoms with Gasteiger partial charge in [-0.25, -0.2) is 4.98 Å². The van der Waals surface area contributed by atoms with Gasteiger partial charge in [0.1, 0.15) is 6.33 Å². The molecule has 0 saturated carbocycles. The Labute approximate surface area is 110 Å². The molecule has 0 bridgehead atoms. The summed E-state index contributed by atoms with van der Waals surface area (Å²) in [4.78, 5) is 18.2. The minimum Gasteiger partial charge on any atom is -0.476 e. The molecule has 104 valence electrons. The highest BCUT2D eigenvalue weighted by Gasteiger charge is 2.28. The van der Waals surface area contributed by atoms with Crippen molar-refractivity contribution in [2.75, 3.05) is 25.6 Å². The monoisotopic (exact) mass is 268 g/mol. The van der Waals surface area contributed by atoms with Crippen LogP contribution in [0.4, 0.5) is 11.5 Å². The molecule has 1 aromatic rings. The Bertz CT molecular complexity index is 462. The number of aromatic nitrogens is 2. The number of rotatable bonds is 5. The molecule has 8 heteroatoms. The molecule has 0 amide bonds. The van der Waals surface area contributed by atoms with Gasteiger partial charge in [0.25, 0.3) is 5.88 Å². The van der Waals surface area contributed by atoms with Crippen LogP contribution in [-0.2, 0) is 4.74 Å². The van der Waals surface area contributed by atoms with E-state index in [-0.39, 0.29) is 23.4 Å². The fourth-order valence-electron chi connectivity index (χ4n) is 2.06. The highest BCUT2D eigenvalue weighted by atomic mass is 16.6. The summed E-state index contributed by atoms with van der Waals surface area (Å²) >= 11 is 0. The van der Waals surface area contributed by atoms with Gasteiger partial charge in [0.15, 0.2) is 0 Å². The van der Waals surface area contributed by atoms with Crippen molar-refractivity contribution < 1.29 is 14.4 Å². The summed E-state index contributed by atoms with van der Waals surface area (Å²) in [5.74, 6) is 0.453. The van der Waals surface area contributed by atoms with Crippen molar-refractivity contribution in [2.24, 2.45) is 5.92 Å². The average molecular weight is 268 g/mol. The molecule has 2 unspecified atom stereocenters. The van der Waals surface area contributed by atoms with Crippen LogP contribution in [0.3, 0.4) is 0 Å². The maximum absolute atomic E-state index is 11.1. The summed E-state index contributed by atoms with van der Waals surface area (Å²) in [6.45, 7) is 3.34. The Hall–Kier alpha value is -1.96. The van der Waals surface area contributed by atoms with Gasteiger partial charge >= 0.3 is 5.69 Å². The lowest BCUT2D eigenvalue weighted by Crippen LogP contribution is -2.27. The first-order valence-electron chi connectivity index (χ1n) is 6.01. The van der Waals surface area contributed by atoms with Gasteiger partial charge in [-0.05, 0) is 13.3 Å². The molecule has 8 nitrogen and oxygen atoms in total. The molecule has 19 heavy (non-hydrogen) atoms. The summed E-state index contributed by atoms with van der Waals surface area (Å²) in [6, 6.07) is 0.0285. The molecular formula is C11H16N4O4. The van der Waals surface area contributed by atoms with Crippen molar-refractivity contribution >= 4 is 11.5 Å². The van der Waals surface area contributed by atoms with Crippen LogP contribution in [0.1, 0.15) is 13.3 Å². The standard InChI is InChI=1S/C11H16N4O4/c1-7(8-3-4-19-5-8)14-10-9(15(16)17)11(18-2)13-6-12-10/h6-8H,3-5H2,1-2H3,(H,12,13,14). The number of nitrogens with zero attached hydrogens (tertiary/aromatic N) is 3. The van der Waals surface area contributed by atoms with Gasteiger partial charge in [-0.15, -0.1) is 0 Å². The number of anilines is 1. The predicted molar refractivity (Wildman–Crippen MR) is 67.2 cm³/mol. The molecule has 0 aliphatic carbocycles. The highest BCUT2D eigenvalue weighted by Crippen LogP contribution is 2.31. The van der Waals surface area contributed by atoms with Gasteiger partial charge in [-0.2, -0.15) is 4.98 Å². The average Bonchev–Trinajstić information content (AvgIpc) is 2.92. The Morgan fingerprint density at radius 2 is 2.42 bits per heavy atom. The first-order chi connectivity index (χ1) is 9.13. The van der Waals surface area contributed by atoms with Crippen LogP contribution in [0.15, 0.2) is 6.33 Å². The molecule has 1 fully saturated rings. The van der Waals surface area contributed by atoms with E-state index in [0.29, 0.717) is 12.5 Å². The zero-order chi connectivity index (χ0) is 13.8. The fraction of sp³-hybridized carbons (Fsp3) is 0.636. The largest absolute Gasteiger partial charge is 0.476 e. The van der Waals surface area contributed by atoms with E-state index in [1.807, 2.05) is 6.92 Å². The van der Waals surface area contributed by atoms with E-state index in [9.17, 15) is 10.1 Å². The van der Waals surface area contributed by atoms with Gasteiger partial charge in [-0.3, -0.25) is 10.1 Å². The summed E-state index contributed by atoms with van der Waals surface area (Å²) in [6.07, 6.45) is 2.18. The number of nitrogens with one attached hydrogen (secondary N) is 1. The third-order valence-electron chi connectivity index (χ3n) is 3.20. The third kappa shape index (κ3) is 2.90. The SMILES string of the molecule is COc1ncnc(NC(C)C2CCOC2)c1[N+](=O)[O-]. The van der Waals surface area contributed by atoms with Crippen LogP contribution in [0.25, 0.3) is 0 Å². The summed E-state index contributed by atoms with van der Waals surface area (Å²) in [5.41, 5.74) is -0.240. The predicted octanol–water partition coefficient (Wildman–Crippen LogP) is 1.23. The van der Waals surface area contributed by atoms with E-state index in [0.717, 1.165) is 13.0 Å². The van der Waals surface area contributed by atoms with Crippen LogP contribution >= 0.6 is 0 Å². The molecule has 1 saturated heterocycles. The maximum Gasteiger partial charge on any atom is 0.372 e. The maximum atomic E-state index is 11.1. The second kappa shape index (κ2) is 5.79. The zero-order valence-electron chi connectivity index (χ0n) is 10.8. The molecule has 2 rings (SSSR count). The van der Waals surface area contributed by atoms with Crippen LogP contribution in [0.5, 0.6) is 5.88 Å². The topological polar surface area (TPSA) is 99.4 Å². The molecule has 0 radical (unpaired) electrons. The van der Waals surface area contributed by atoms with Crippen molar-refractivity contribution in [1.82, 2.24) is 9.97 Å². The van der Waals surface area contributed by atoms with Crippen molar-refractivity contribution in [3.05, 3.63) is 16.4 Å². The molecule has 1 N–H and O–H groups in total.